The summed E-state index contributed by atoms with van der Waals surface area (Å²) in [6, 6.07) is 26.3. The monoisotopic (exact) mass is 632 g/mol. The van der Waals surface area contributed by atoms with Gasteiger partial charge in [0.2, 0.25) is 0 Å². The van der Waals surface area contributed by atoms with Crippen molar-refractivity contribution in [1.82, 2.24) is 0 Å². The molecule has 0 bridgehead atoms. The fourth-order valence-electron chi connectivity index (χ4n) is 4.61. The van der Waals surface area contributed by atoms with Crippen molar-refractivity contribution in [3.63, 3.8) is 0 Å². The van der Waals surface area contributed by atoms with Gasteiger partial charge in [0.1, 0.15) is 18.8 Å². The zero-order valence-corrected chi connectivity index (χ0v) is 26.8. The van der Waals surface area contributed by atoms with Crippen LogP contribution in [-0.4, -0.2) is 76.5 Å². The van der Waals surface area contributed by atoms with Gasteiger partial charge in [-0.1, -0.05) is 80.3 Å². The summed E-state index contributed by atoms with van der Waals surface area (Å²) >= 11 is 0. The molecule has 0 radical (unpaired) electrons. The lowest BCUT2D eigenvalue weighted by Gasteiger charge is -2.44. The number of esters is 3. The summed E-state index contributed by atoms with van der Waals surface area (Å²) < 4.78 is 36.4. The van der Waals surface area contributed by atoms with Gasteiger partial charge in [0.25, 0.3) is 0 Å². The first kappa shape index (κ1) is 33.8. The van der Waals surface area contributed by atoms with Crippen molar-refractivity contribution in [2.24, 2.45) is 0 Å². The van der Waals surface area contributed by atoms with Crippen molar-refractivity contribution in [1.29, 1.82) is 0 Å². The predicted molar refractivity (Wildman–Crippen MR) is 171 cm³/mol. The van der Waals surface area contributed by atoms with Crippen LogP contribution in [0.4, 0.5) is 0 Å². The average molecular weight is 633 g/mol. The molecule has 1 fully saturated rings. The molecule has 9 nitrogen and oxygen atoms in total. The van der Waals surface area contributed by atoms with E-state index in [1.54, 1.807) is 91.0 Å². The first-order valence-corrected chi connectivity index (χ1v) is 18.6. The first-order valence-electron chi connectivity index (χ1n) is 14.9. The van der Waals surface area contributed by atoms with Gasteiger partial charge in [-0.15, -0.1) is 6.58 Å². The second-order valence-electron chi connectivity index (χ2n) is 11.7. The zero-order chi connectivity index (χ0) is 32.2. The summed E-state index contributed by atoms with van der Waals surface area (Å²) in [6.07, 6.45) is -3.97. The van der Waals surface area contributed by atoms with Crippen molar-refractivity contribution in [3.05, 3.63) is 120 Å². The molecular formula is C35H40O9Si. The highest BCUT2D eigenvalue weighted by Crippen LogP contribution is 2.31. The molecule has 1 heterocycles. The summed E-state index contributed by atoms with van der Waals surface area (Å²) in [4.78, 5) is 39.6. The van der Waals surface area contributed by atoms with Crippen LogP contribution in [0, 0.1) is 0 Å². The van der Waals surface area contributed by atoms with E-state index in [4.69, 9.17) is 28.4 Å². The third-order valence-corrected chi connectivity index (χ3v) is 8.73. The van der Waals surface area contributed by atoms with Crippen LogP contribution in [0.5, 0.6) is 0 Å². The molecule has 1 aliphatic heterocycles. The third kappa shape index (κ3) is 9.95. The summed E-state index contributed by atoms with van der Waals surface area (Å²) in [5.41, 5.74) is 0.965. The number of rotatable bonds is 14. The van der Waals surface area contributed by atoms with Crippen molar-refractivity contribution in [2.75, 3.05) is 19.8 Å². The normalized spacial score (nSPS) is 21.4. The molecule has 10 heteroatoms. The number of carbonyl (C=O) groups is 3. The van der Waals surface area contributed by atoms with E-state index in [1.165, 1.54) is 6.08 Å². The van der Waals surface area contributed by atoms with E-state index in [0.29, 0.717) is 23.3 Å². The molecule has 0 aromatic heterocycles. The summed E-state index contributed by atoms with van der Waals surface area (Å²) in [6.45, 7) is 10.5. The number of hydrogen-bond donors (Lipinski definition) is 0. The average Bonchev–Trinajstić information content (AvgIpc) is 3.05. The predicted octanol–water partition coefficient (Wildman–Crippen LogP) is 5.95. The van der Waals surface area contributed by atoms with E-state index in [-0.39, 0.29) is 13.2 Å². The van der Waals surface area contributed by atoms with E-state index >= 15 is 0 Å². The van der Waals surface area contributed by atoms with Gasteiger partial charge in [-0.25, -0.2) is 14.4 Å². The maximum Gasteiger partial charge on any atom is 0.338 e. The molecular weight excluding hydrogens is 592 g/mol. The molecule has 3 aromatic carbocycles. The Bertz CT molecular complexity index is 1390. The van der Waals surface area contributed by atoms with Gasteiger partial charge in [-0.3, -0.25) is 0 Å². The minimum atomic E-state index is -1.52. The molecule has 4 rings (SSSR count). The van der Waals surface area contributed by atoms with Crippen LogP contribution < -0.4 is 0 Å². The topological polar surface area (TPSA) is 107 Å². The Balaban J connectivity index is 1.68. The highest BCUT2D eigenvalue weighted by molar-refractivity contribution is 6.76. The van der Waals surface area contributed by atoms with Crippen LogP contribution in [0.3, 0.4) is 0 Å². The molecule has 1 saturated heterocycles. The molecule has 1 aliphatic rings. The number of carbonyl (C=O) groups excluding carboxylic acids is 3. The minimum absolute atomic E-state index is 0.0432. The molecule has 0 unspecified atom stereocenters. The van der Waals surface area contributed by atoms with Gasteiger partial charge in [-0.05, 0) is 42.4 Å². The summed E-state index contributed by atoms with van der Waals surface area (Å²) in [5, 5.41) is 0. The van der Waals surface area contributed by atoms with Gasteiger partial charge in [-0.2, -0.15) is 0 Å². The Morgan fingerprint density at radius 1 is 0.711 bits per heavy atom. The molecule has 0 aliphatic carbocycles. The van der Waals surface area contributed by atoms with E-state index in [1.807, 2.05) is 0 Å². The zero-order valence-electron chi connectivity index (χ0n) is 25.8. The molecule has 0 saturated carbocycles. The largest absolute Gasteiger partial charge is 0.459 e. The van der Waals surface area contributed by atoms with Crippen LogP contribution in [0.25, 0.3) is 0 Å². The Morgan fingerprint density at radius 2 is 1.20 bits per heavy atom. The number of benzene rings is 3. The second-order valence-corrected chi connectivity index (χ2v) is 17.4. The van der Waals surface area contributed by atoms with E-state index < -0.39 is 56.7 Å². The van der Waals surface area contributed by atoms with Crippen LogP contribution >= 0.6 is 0 Å². The number of hydrogen-bond acceptors (Lipinski definition) is 9. The van der Waals surface area contributed by atoms with Gasteiger partial charge < -0.3 is 28.4 Å². The smallest absolute Gasteiger partial charge is 0.338 e. The van der Waals surface area contributed by atoms with Crippen LogP contribution in [-0.2, 0) is 28.4 Å². The molecule has 3 aromatic rings. The number of ether oxygens (including phenoxy) is 6. The van der Waals surface area contributed by atoms with Gasteiger partial charge >= 0.3 is 17.9 Å². The van der Waals surface area contributed by atoms with Gasteiger partial charge in [0, 0.05) is 14.7 Å². The van der Waals surface area contributed by atoms with Gasteiger partial charge in [0.05, 0.1) is 23.3 Å². The fraction of sp³-hybridized carbons (Fsp3) is 0.343. The lowest BCUT2D eigenvalue weighted by Crippen LogP contribution is -2.62. The van der Waals surface area contributed by atoms with Crippen molar-refractivity contribution in [3.8, 4) is 0 Å². The Hall–Kier alpha value is -4.09. The molecule has 0 amide bonds. The standard InChI is InChI=1S/C35H40O9Si/c1-5-21-39-30-29(43-33(37)26-17-11-7-12-18-26)28(24-41-32(36)25-15-9-6-10-16-25)42-35(40-22-23-45(2,3)4)31(30)44-34(38)27-19-13-8-14-20-27/h5-20,28-31,35H,1,21-24H2,2-4H3/t28-,29+,30+,31-,35-/m1/s1. The summed E-state index contributed by atoms with van der Waals surface area (Å²) in [5.74, 6) is -1.86. The van der Waals surface area contributed by atoms with E-state index in [9.17, 15) is 14.4 Å². The molecule has 45 heavy (non-hydrogen) atoms. The highest BCUT2D eigenvalue weighted by Gasteiger charge is 2.52. The molecule has 0 N–H and O–H groups in total. The first-order chi connectivity index (χ1) is 21.7. The van der Waals surface area contributed by atoms with E-state index in [2.05, 4.69) is 26.2 Å². The van der Waals surface area contributed by atoms with Crippen molar-refractivity contribution in [2.45, 2.75) is 56.4 Å². The highest BCUT2D eigenvalue weighted by atomic mass is 28.3. The quantitative estimate of drug-likeness (QED) is 0.0923. The maximum atomic E-state index is 13.4. The van der Waals surface area contributed by atoms with Crippen LogP contribution in [0.1, 0.15) is 31.1 Å². The lowest BCUT2D eigenvalue weighted by molar-refractivity contribution is -0.303. The maximum absolute atomic E-state index is 13.4. The Labute approximate surface area is 265 Å². The van der Waals surface area contributed by atoms with Crippen LogP contribution in [0.2, 0.25) is 25.7 Å². The second kappa shape index (κ2) is 16.3. The molecule has 5 atom stereocenters. The Morgan fingerprint density at radius 3 is 1.69 bits per heavy atom. The third-order valence-electron chi connectivity index (χ3n) is 7.03. The minimum Gasteiger partial charge on any atom is -0.459 e. The fourth-order valence-corrected chi connectivity index (χ4v) is 5.34. The van der Waals surface area contributed by atoms with Crippen molar-refractivity contribution < 1.29 is 42.8 Å². The Kier molecular flexibility index (Phi) is 12.2. The SMILES string of the molecule is C=CCO[C@H]1[C@@H](OC(=O)c2ccccc2)[C@@H](COC(=O)c2ccccc2)O[C@@H](OCC[Si](C)(C)C)[C@@H]1OC(=O)c1ccccc1. The lowest BCUT2D eigenvalue weighted by atomic mass is 9.97. The van der Waals surface area contributed by atoms with Crippen LogP contribution in [0.15, 0.2) is 104 Å². The molecule has 0 spiro atoms. The molecule has 238 valence electrons. The van der Waals surface area contributed by atoms with E-state index in [0.717, 1.165) is 6.04 Å². The summed E-state index contributed by atoms with van der Waals surface area (Å²) in [7, 11) is -1.52. The van der Waals surface area contributed by atoms with Gasteiger partial charge in [0.15, 0.2) is 18.5 Å². The van der Waals surface area contributed by atoms with Crippen molar-refractivity contribution >= 4 is 26.0 Å².